The topological polar surface area (TPSA) is 131 Å². The third-order valence-corrected chi connectivity index (χ3v) is 5.79. The summed E-state index contributed by atoms with van der Waals surface area (Å²) in [5.74, 6) is -0.520. The van der Waals surface area contributed by atoms with Crippen molar-refractivity contribution in [3.63, 3.8) is 0 Å². The second-order valence-electron chi connectivity index (χ2n) is 8.23. The molecule has 2 aromatic carbocycles. The minimum atomic E-state index is -1.88. The summed E-state index contributed by atoms with van der Waals surface area (Å²) in [6.45, 7) is 5.17. The van der Waals surface area contributed by atoms with E-state index in [2.05, 4.69) is 20.6 Å². The van der Waals surface area contributed by atoms with Gasteiger partial charge in [0, 0.05) is 5.56 Å². The number of benzene rings is 2. The van der Waals surface area contributed by atoms with Crippen molar-refractivity contribution >= 4 is 23.4 Å². The molecule has 34 heavy (non-hydrogen) atoms. The quantitative estimate of drug-likeness (QED) is 0.349. The molecule has 1 aromatic heterocycles. The van der Waals surface area contributed by atoms with Crippen LogP contribution in [-0.2, 0) is 0 Å². The van der Waals surface area contributed by atoms with Crippen LogP contribution in [0.4, 0.5) is 21.8 Å². The van der Waals surface area contributed by atoms with E-state index in [1.165, 1.54) is 18.2 Å². The SMILES string of the molecule is Cc1cc(F)ccc1-c1nc(NC(CO)C(O)O)nc2c1C(=O)NCN2c1c(C)cccc1C. The van der Waals surface area contributed by atoms with Gasteiger partial charge in [-0.15, -0.1) is 0 Å². The van der Waals surface area contributed by atoms with Crippen molar-refractivity contribution in [3.05, 3.63) is 64.5 Å². The van der Waals surface area contributed by atoms with Crippen molar-refractivity contribution in [1.29, 1.82) is 0 Å². The lowest BCUT2D eigenvalue weighted by Crippen LogP contribution is -2.43. The number of fused-ring (bicyclic) bond motifs is 1. The number of aromatic nitrogens is 2. The average Bonchev–Trinajstić information content (AvgIpc) is 2.78. The molecule has 2 heterocycles. The summed E-state index contributed by atoms with van der Waals surface area (Å²) in [5.41, 5.74) is 4.33. The molecule has 0 bridgehead atoms. The van der Waals surface area contributed by atoms with Crippen LogP contribution >= 0.6 is 0 Å². The number of aliphatic hydroxyl groups is 3. The van der Waals surface area contributed by atoms with Crippen LogP contribution in [0, 0.1) is 26.6 Å². The first-order valence-corrected chi connectivity index (χ1v) is 10.7. The van der Waals surface area contributed by atoms with E-state index in [0.717, 1.165) is 16.8 Å². The number of para-hydroxylation sites is 1. The molecule has 5 N–H and O–H groups in total. The Bertz CT molecular complexity index is 1230. The first-order valence-electron chi connectivity index (χ1n) is 10.7. The van der Waals surface area contributed by atoms with E-state index in [1.807, 2.05) is 36.9 Å². The van der Waals surface area contributed by atoms with Crippen molar-refractivity contribution in [1.82, 2.24) is 15.3 Å². The number of hydrogen-bond donors (Lipinski definition) is 5. The standard InChI is InChI=1S/C24H26FN5O4/c1-12-5-4-6-13(2)20(12)30-11-26-22(32)18-19(16-8-7-15(25)9-14(16)3)28-24(29-21(18)30)27-17(10-31)23(33)34/h4-9,17,23,31,33-34H,10-11H2,1-3H3,(H,26,32)(H,27,28,29). The predicted molar refractivity (Wildman–Crippen MR) is 125 cm³/mol. The van der Waals surface area contributed by atoms with Gasteiger partial charge < -0.3 is 30.9 Å². The maximum atomic E-state index is 13.8. The molecule has 1 aliphatic heterocycles. The molecule has 0 saturated heterocycles. The molecule has 0 fully saturated rings. The Morgan fingerprint density at radius 2 is 1.82 bits per heavy atom. The molecule has 9 nitrogen and oxygen atoms in total. The highest BCUT2D eigenvalue weighted by Gasteiger charge is 2.33. The van der Waals surface area contributed by atoms with E-state index in [1.54, 1.807) is 6.92 Å². The van der Waals surface area contributed by atoms with Crippen molar-refractivity contribution in [2.24, 2.45) is 0 Å². The molecule has 1 unspecified atom stereocenters. The average molecular weight is 468 g/mol. The number of carbonyl (C=O) groups is 1. The maximum Gasteiger partial charge on any atom is 0.258 e. The van der Waals surface area contributed by atoms with Gasteiger partial charge >= 0.3 is 0 Å². The van der Waals surface area contributed by atoms with Crippen LogP contribution in [0.2, 0.25) is 0 Å². The first-order chi connectivity index (χ1) is 16.2. The number of anilines is 3. The molecule has 0 radical (unpaired) electrons. The summed E-state index contributed by atoms with van der Waals surface area (Å²) < 4.78 is 13.8. The van der Waals surface area contributed by atoms with E-state index < -0.39 is 24.8 Å². The summed E-state index contributed by atoms with van der Waals surface area (Å²) in [4.78, 5) is 23.9. The second-order valence-corrected chi connectivity index (χ2v) is 8.23. The third-order valence-electron chi connectivity index (χ3n) is 5.79. The highest BCUT2D eigenvalue weighted by Crippen LogP contribution is 2.39. The number of nitrogens with one attached hydrogen (secondary N) is 2. The molecule has 178 valence electrons. The van der Waals surface area contributed by atoms with Crippen LogP contribution in [0.3, 0.4) is 0 Å². The molecule has 0 spiro atoms. The predicted octanol–water partition coefficient (Wildman–Crippen LogP) is 2.13. The number of carbonyl (C=O) groups excluding carboxylic acids is 1. The van der Waals surface area contributed by atoms with Gasteiger partial charge in [0.15, 0.2) is 12.1 Å². The van der Waals surface area contributed by atoms with Gasteiger partial charge in [-0.1, -0.05) is 18.2 Å². The Hall–Kier alpha value is -3.60. The Morgan fingerprint density at radius 1 is 1.12 bits per heavy atom. The summed E-state index contributed by atoms with van der Waals surface area (Å²) in [6.07, 6.45) is -1.88. The molecule has 0 aliphatic carbocycles. The Morgan fingerprint density at radius 3 is 2.44 bits per heavy atom. The van der Waals surface area contributed by atoms with E-state index in [-0.39, 0.29) is 29.8 Å². The number of nitrogens with zero attached hydrogens (tertiary/aromatic N) is 3. The first kappa shape index (κ1) is 23.6. The number of hydrogen-bond acceptors (Lipinski definition) is 8. The van der Waals surface area contributed by atoms with Crippen LogP contribution in [0.5, 0.6) is 0 Å². The third kappa shape index (κ3) is 4.30. The summed E-state index contributed by atoms with van der Waals surface area (Å²) in [6, 6.07) is 8.84. The Labute approximate surface area is 195 Å². The zero-order valence-electron chi connectivity index (χ0n) is 19.0. The van der Waals surface area contributed by atoms with Gasteiger partial charge in [-0.25, -0.2) is 9.37 Å². The van der Waals surface area contributed by atoms with Gasteiger partial charge in [-0.05, 0) is 55.7 Å². The molecule has 0 saturated carbocycles. The summed E-state index contributed by atoms with van der Waals surface area (Å²) >= 11 is 0. The van der Waals surface area contributed by atoms with Gasteiger partial charge in [0.25, 0.3) is 5.91 Å². The molecule has 3 aromatic rings. The van der Waals surface area contributed by atoms with Gasteiger partial charge in [-0.3, -0.25) is 4.79 Å². The normalized spacial score (nSPS) is 14.1. The smallest absolute Gasteiger partial charge is 0.258 e. The zero-order valence-corrected chi connectivity index (χ0v) is 19.0. The minimum absolute atomic E-state index is 0.0180. The highest BCUT2D eigenvalue weighted by molar-refractivity contribution is 6.07. The minimum Gasteiger partial charge on any atom is -0.394 e. The van der Waals surface area contributed by atoms with E-state index in [9.17, 15) is 24.5 Å². The van der Waals surface area contributed by atoms with Crippen LogP contribution in [0.25, 0.3) is 11.3 Å². The number of rotatable bonds is 6. The molecular formula is C24H26FN5O4. The monoisotopic (exact) mass is 467 g/mol. The fourth-order valence-corrected chi connectivity index (χ4v) is 4.12. The zero-order chi connectivity index (χ0) is 24.6. The highest BCUT2D eigenvalue weighted by atomic mass is 19.1. The van der Waals surface area contributed by atoms with Crippen LogP contribution < -0.4 is 15.5 Å². The molecular weight excluding hydrogens is 441 g/mol. The summed E-state index contributed by atoms with van der Waals surface area (Å²) in [7, 11) is 0. The Balaban J connectivity index is 1.99. The number of amides is 1. The Kier molecular flexibility index (Phi) is 6.47. The molecule has 1 amide bonds. The van der Waals surface area contributed by atoms with Crippen molar-refractivity contribution in [3.8, 4) is 11.3 Å². The van der Waals surface area contributed by atoms with Crippen LogP contribution in [0.1, 0.15) is 27.0 Å². The largest absolute Gasteiger partial charge is 0.394 e. The summed E-state index contributed by atoms with van der Waals surface area (Å²) in [5, 5.41) is 34.3. The van der Waals surface area contributed by atoms with Crippen LogP contribution in [-0.4, -0.2) is 56.8 Å². The second kappa shape index (κ2) is 9.34. The molecule has 1 aliphatic rings. The maximum absolute atomic E-state index is 13.8. The number of aliphatic hydroxyl groups excluding tert-OH is 2. The van der Waals surface area contributed by atoms with E-state index in [0.29, 0.717) is 16.9 Å². The lowest BCUT2D eigenvalue weighted by Gasteiger charge is -2.33. The van der Waals surface area contributed by atoms with Gasteiger partial charge in [-0.2, -0.15) is 4.98 Å². The molecule has 4 rings (SSSR count). The fourth-order valence-electron chi connectivity index (χ4n) is 4.12. The van der Waals surface area contributed by atoms with E-state index in [4.69, 9.17) is 0 Å². The van der Waals surface area contributed by atoms with Crippen molar-refractivity contribution < 1.29 is 24.5 Å². The molecule has 10 heteroatoms. The van der Waals surface area contributed by atoms with Crippen molar-refractivity contribution in [2.75, 3.05) is 23.5 Å². The van der Waals surface area contributed by atoms with Gasteiger partial charge in [0.1, 0.15) is 17.4 Å². The van der Waals surface area contributed by atoms with Crippen molar-refractivity contribution in [2.45, 2.75) is 33.1 Å². The van der Waals surface area contributed by atoms with E-state index >= 15 is 0 Å². The van der Waals surface area contributed by atoms with Gasteiger partial charge in [0.05, 0.1) is 24.7 Å². The van der Waals surface area contributed by atoms with Gasteiger partial charge in [0.2, 0.25) is 5.95 Å². The number of halogens is 1. The lowest BCUT2D eigenvalue weighted by molar-refractivity contribution is -0.0628. The fraction of sp³-hybridized carbons (Fsp3) is 0.292. The lowest BCUT2D eigenvalue weighted by atomic mass is 9.99. The molecule has 1 atom stereocenters. The van der Waals surface area contributed by atoms with Crippen LogP contribution in [0.15, 0.2) is 36.4 Å². The number of aryl methyl sites for hydroxylation is 3.